The summed E-state index contributed by atoms with van der Waals surface area (Å²) in [4.78, 5) is 19.2. The number of rotatable bonds is 3. The van der Waals surface area contributed by atoms with E-state index < -0.39 is 0 Å². The topological polar surface area (TPSA) is 49.6 Å². The van der Waals surface area contributed by atoms with Crippen molar-refractivity contribution in [2.75, 3.05) is 19.6 Å². The lowest BCUT2D eigenvalue weighted by molar-refractivity contribution is 0.151. The Morgan fingerprint density at radius 3 is 2.93 bits per heavy atom. The van der Waals surface area contributed by atoms with Crippen LogP contribution in [-0.2, 0) is 6.54 Å². The molecule has 1 aliphatic heterocycles. The van der Waals surface area contributed by atoms with Gasteiger partial charge >= 0.3 is 0 Å². The van der Waals surface area contributed by atoms with Gasteiger partial charge in [-0.2, -0.15) is 0 Å². The van der Waals surface area contributed by atoms with Crippen molar-refractivity contribution >= 4 is 29.7 Å². The fourth-order valence-corrected chi connectivity index (χ4v) is 3.55. The highest BCUT2D eigenvalue weighted by Crippen LogP contribution is 2.24. The maximum absolute atomic E-state index is 13.6. The zero-order valence-corrected chi connectivity index (χ0v) is 16.0. The monoisotopic (exact) mass is 408 g/mol. The summed E-state index contributed by atoms with van der Waals surface area (Å²) in [7, 11) is 0. The average Bonchev–Trinajstić information content (AvgIpc) is 2.63. The number of hydrogen-bond donors (Lipinski definition) is 1. The summed E-state index contributed by atoms with van der Waals surface area (Å²) in [5, 5.41) is 3.84. The fraction of sp³-hybridized carbons (Fsp3) is 0.263. The third-order valence-electron chi connectivity index (χ3n) is 4.63. The van der Waals surface area contributed by atoms with Crippen LogP contribution in [-0.4, -0.2) is 33.9 Å². The first kappa shape index (κ1) is 19.8. The maximum Gasteiger partial charge on any atom is 0.258 e. The molecule has 0 spiro atoms. The standard InChI is InChI=1S/C19H18ClFN4O.ClH/c20-14-4-5-18-23-16(9-19(26)25(18)11-14)12-24-7-6-22-10-17(24)13-2-1-3-15(21)8-13;/h1-5,8-9,11,17,22H,6-7,10,12H2;1H. The predicted octanol–water partition coefficient (Wildman–Crippen LogP) is 3.06. The molecule has 1 unspecified atom stereocenters. The number of aromatic nitrogens is 2. The number of benzene rings is 1. The van der Waals surface area contributed by atoms with Gasteiger partial charge < -0.3 is 5.32 Å². The minimum absolute atomic E-state index is 0. The zero-order valence-electron chi connectivity index (χ0n) is 14.4. The van der Waals surface area contributed by atoms with Crippen molar-refractivity contribution in [1.82, 2.24) is 19.6 Å². The molecule has 1 N–H and O–H groups in total. The lowest BCUT2D eigenvalue weighted by Gasteiger charge is -2.36. The lowest BCUT2D eigenvalue weighted by atomic mass is 10.0. The third-order valence-corrected chi connectivity index (χ3v) is 4.85. The van der Waals surface area contributed by atoms with Gasteiger partial charge in [0.15, 0.2) is 0 Å². The Bertz CT molecular complexity index is 1010. The Morgan fingerprint density at radius 2 is 2.11 bits per heavy atom. The summed E-state index contributed by atoms with van der Waals surface area (Å²) >= 11 is 5.95. The van der Waals surface area contributed by atoms with Crippen LogP contribution in [0.25, 0.3) is 5.65 Å². The molecule has 1 atom stereocenters. The number of halogens is 3. The summed E-state index contributed by atoms with van der Waals surface area (Å²) in [6, 6.07) is 11.7. The summed E-state index contributed by atoms with van der Waals surface area (Å²) in [5.41, 5.74) is 2.02. The first-order valence-electron chi connectivity index (χ1n) is 8.48. The van der Waals surface area contributed by atoms with Crippen molar-refractivity contribution in [3.63, 3.8) is 0 Å². The van der Waals surface area contributed by atoms with Crippen LogP contribution in [0, 0.1) is 5.82 Å². The number of nitrogens with one attached hydrogen (secondary N) is 1. The molecule has 27 heavy (non-hydrogen) atoms. The van der Waals surface area contributed by atoms with E-state index >= 15 is 0 Å². The highest BCUT2D eigenvalue weighted by Gasteiger charge is 2.24. The van der Waals surface area contributed by atoms with Crippen molar-refractivity contribution in [3.05, 3.63) is 81.1 Å². The molecule has 2 aromatic heterocycles. The number of piperazine rings is 1. The van der Waals surface area contributed by atoms with E-state index in [2.05, 4.69) is 15.2 Å². The van der Waals surface area contributed by atoms with Gasteiger partial charge in [-0.05, 0) is 29.8 Å². The van der Waals surface area contributed by atoms with Crippen molar-refractivity contribution in [2.45, 2.75) is 12.6 Å². The average molecular weight is 409 g/mol. The smallest absolute Gasteiger partial charge is 0.258 e. The van der Waals surface area contributed by atoms with Crippen LogP contribution in [0.2, 0.25) is 5.02 Å². The molecule has 0 bridgehead atoms. The quantitative estimate of drug-likeness (QED) is 0.723. The zero-order chi connectivity index (χ0) is 18.1. The molecule has 4 rings (SSSR count). The Hall–Kier alpha value is -1.99. The van der Waals surface area contributed by atoms with Gasteiger partial charge in [-0.15, -0.1) is 12.4 Å². The van der Waals surface area contributed by atoms with E-state index in [1.54, 1.807) is 30.5 Å². The van der Waals surface area contributed by atoms with Crippen LogP contribution >= 0.6 is 24.0 Å². The number of pyridine rings is 1. The second-order valence-electron chi connectivity index (χ2n) is 6.41. The van der Waals surface area contributed by atoms with E-state index in [9.17, 15) is 9.18 Å². The molecule has 0 radical (unpaired) electrons. The Labute approximate surface area is 167 Å². The van der Waals surface area contributed by atoms with Crippen LogP contribution < -0.4 is 10.9 Å². The molecule has 0 amide bonds. The molecule has 1 fully saturated rings. The molecule has 1 aliphatic rings. The largest absolute Gasteiger partial charge is 0.314 e. The molecule has 3 heterocycles. The van der Waals surface area contributed by atoms with Gasteiger partial charge in [-0.25, -0.2) is 9.37 Å². The van der Waals surface area contributed by atoms with Gasteiger partial charge in [0, 0.05) is 44.5 Å². The van der Waals surface area contributed by atoms with E-state index in [1.165, 1.54) is 16.5 Å². The molecule has 0 aliphatic carbocycles. The molecule has 1 aromatic carbocycles. The maximum atomic E-state index is 13.6. The van der Waals surface area contributed by atoms with Gasteiger partial charge in [0.25, 0.3) is 5.56 Å². The van der Waals surface area contributed by atoms with Gasteiger partial charge in [-0.3, -0.25) is 14.1 Å². The van der Waals surface area contributed by atoms with Crippen molar-refractivity contribution < 1.29 is 4.39 Å². The van der Waals surface area contributed by atoms with E-state index in [1.807, 2.05) is 6.07 Å². The Morgan fingerprint density at radius 1 is 1.26 bits per heavy atom. The first-order valence-corrected chi connectivity index (χ1v) is 8.86. The van der Waals surface area contributed by atoms with Crippen LogP contribution in [0.5, 0.6) is 0 Å². The fourth-order valence-electron chi connectivity index (χ4n) is 3.39. The molecular formula is C19H19Cl2FN4O. The van der Waals surface area contributed by atoms with Crippen LogP contribution in [0.1, 0.15) is 17.3 Å². The van der Waals surface area contributed by atoms with E-state index in [-0.39, 0.29) is 29.8 Å². The highest BCUT2D eigenvalue weighted by atomic mass is 35.5. The van der Waals surface area contributed by atoms with Gasteiger partial charge in [0.05, 0.1) is 10.7 Å². The molecule has 0 saturated carbocycles. The SMILES string of the molecule is Cl.O=c1cc(CN2CCNCC2c2cccc(F)c2)nc2ccc(Cl)cn12. The predicted molar refractivity (Wildman–Crippen MR) is 106 cm³/mol. The van der Waals surface area contributed by atoms with Crippen LogP contribution in [0.4, 0.5) is 4.39 Å². The highest BCUT2D eigenvalue weighted by molar-refractivity contribution is 6.30. The Kier molecular flexibility index (Phi) is 6.11. The van der Waals surface area contributed by atoms with E-state index in [0.717, 1.165) is 25.2 Å². The minimum atomic E-state index is -0.244. The van der Waals surface area contributed by atoms with Gasteiger partial charge in [0.1, 0.15) is 11.5 Å². The van der Waals surface area contributed by atoms with E-state index in [0.29, 0.717) is 22.9 Å². The van der Waals surface area contributed by atoms with E-state index in [4.69, 9.17) is 11.6 Å². The summed E-state index contributed by atoms with van der Waals surface area (Å²) in [5.74, 6) is -0.244. The Balaban J connectivity index is 0.00000210. The van der Waals surface area contributed by atoms with Crippen LogP contribution in [0.15, 0.2) is 53.5 Å². The van der Waals surface area contributed by atoms with Crippen molar-refractivity contribution in [2.24, 2.45) is 0 Å². The summed E-state index contributed by atoms with van der Waals surface area (Å²) in [6.07, 6.45) is 1.57. The number of fused-ring (bicyclic) bond motifs is 1. The number of hydrogen-bond acceptors (Lipinski definition) is 4. The normalized spacial score (nSPS) is 17.6. The van der Waals surface area contributed by atoms with Crippen molar-refractivity contribution in [3.8, 4) is 0 Å². The molecular weight excluding hydrogens is 390 g/mol. The minimum Gasteiger partial charge on any atom is -0.314 e. The van der Waals surface area contributed by atoms with Gasteiger partial charge in [-0.1, -0.05) is 23.7 Å². The molecule has 5 nitrogen and oxygen atoms in total. The summed E-state index contributed by atoms with van der Waals surface area (Å²) in [6.45, 7) is 2.89. The molecule has 142 valence electrons. The number of nitrogens with zero attached hydrogens (tertiary/aromatic N) is 3. The van der Waals surface area contributed by atoms with Crippen LogP contribution in [0.3, 0.4) is 0 Å². The third kappa shape index (κ3) is 4.30. The molecule has 1 saturated heterocycles. The second kappa shape index (κ2) is 8.35. The summed E-state index contributed by atoms with van der Waals surface area (Å²) < 4.78 is 15.1. The lowest BCUT2D eigenvalue weighted by Crippen LogP contribution is -2.45. The molecule has 3 aromatic rings. The molecule has 8 heteroatoms. The van der Waals surface area contributed by atoms with Gasteiger partial charge in [0.2, 0.25) is 0 Å². The second-order valence-corrected chi connectivity index (χ2v) is 6.84. The first-order chi connectivity index (χ1) is 12.6. The van der Waals surface area contributed by atoms with Crippen molar-refractivity contribution in [1.29, 1.82) is 0 Å².